The van der Waals surface area contributed by atoms with Gasteiger partial charge in [0.2, 0.25) is 9.84 Å². The van der Waals surface area contributed by atoms with E-state index < -0.39 is 34.4 Å². The average molecular weight is 605 g/mol. The molecule has 3 aromatic rings. The smallest absolute Gasteiger partial charge is 0.323 e. The summed E-state index contributed by atoms with van der Waals surface area (Å²) in [4.78, 5) is 35.2. The third-order valence-electron chi connectivity index (χ3n) is 5.47. The quantitative estimate of drug-likeness (QED) is 0.0748. The second kappa shape index (κ2) is 13.3. The van der Waals surface area contributed by atoms with E-state index in [-0.39, 0.29) is 34.4 Å². The van der Waals surface area contributed by atoms with Gasteiger partial charge in [-0.3, -0.25) is 10.2 Å². The zero-order valence-electron chi connectivity index (χ0n) is 21.5. The van der Waals surface area contributed by atoms with E-state index in [9.17, 15) is 22.8 Å². The fourth-order valence-electron chi connectivity index (χ4n) is 3.68. The lowest BCUT2D eigenvalue weighted by atomic mass is 9.98. The molecule has 0 bridgehead atoms. The third-order valence-corrected chi connectivity index (χ3v) is 9.85. The number of urea groups is 2. The molecular formula is C25H28N6O6S3. The number of thioether (sulfide) groups is 1. The maximum Gasteiger partial charge on any atom is 0.323 e. The van der Waals surface area contributed by atoms with Gasteiger partial charge < -0.3 is 32.1 Å². The van der Waals surface area contributed by atoms with Crippen molar-refractivity contribution in [3.63, 3.8) is 0 Å². The number of sulfone groups is 1. The van der Waals surface area contributed by atoms with Crippen LogP contribution >= 0.6 is 23.1 Å². The number of carbonyl (C=O) groups is 3. The SMILES string of the molecule is CSc1sc(C(=N)N)cc1S(=O)(=O)c1ccc(C)c(-c2ccccc2)c1NC(=O)NCCNC(=O)NCC(=O)O. The highest BCUT2D eigenvalue weighted by atomic mass is 32.2. The molecule has 1 aromatic heterocycles. The molecule has 15 heteroatoms. The van der Waals surface area contributed by atoms with Crippen LogP contribution in [-0.4, -0.2) is 63.3 Å². The van der Waals surface area contributed by atoms with Gasteiger partial charge in [0.25, 0.3) is 0 Å². The summed E-state index contributed by atoms with van der Waals surface area (Å²) in [6, 6.07) is 12.0. The van der Waals surface area contributed by atoms with Crippen LogP contribution in [0.3, 0.4) is 0 Å². The molecule has 0 fully saturated rings. The van der Waals surface area contributed by atoms with Gasteiger partial charge in [-0.15, -0.1) is 23.1 Å². The van der Waals surface area contributed by atoms with E-state index >= 15 is 0 Å². The van der Waals surface area contributed by atoms with Crippen LogP contribution in [0.15, 0.2) is 62.5 Å². The van der Waals surface area contributed by atoms with Crippen molar-refractivity contribution in [1.29, 1.82) is 5.41 Å². The van der Waals surface area contributed by atoms with Crippen LogP contribution in [0.1, 0.15) is 10.4 Å². The molecule has 0 saturated heterocycles. The molecule has 0 aliphatic carbocycles. The number of nitrogens with two attached hydrogens (primary N) is 1. The molecule has 212 valence electrons. The fraction of sp³-hybridized carbons (Fsp3) is 0.200. The third kappa shape index (κ3) is 7.31. The number of aliphatic carboxylic acids is 1. The van der Waals surface area contributed by atoms with Crippen LogP contribution in [0.4, 0.5) is 15.3 Å². The Labute approximate surface area is 239 Å². The molecule has 40 heavy (non-hydrogen) atoms. The zero-order valence-corrected chi connectivity index (χ0v) is 24.0. The van der Waals surface area contributed by atoms with Gasteiger partial charge in [0, 0.05) is 18.7 Å². The van der Waals surface area contributed by atoms with Crippen LogP contribution in [0.5, 0.6) is 0 Å². The fourth-order valence-corrected chi connectivity index (χ4v) is 7.69. The number of anilines is 1. The summed E-state index contributed by atoms with van der Waals surface area (Å²) < 4.78 is 28.5. The first kappa shape index (κ1) is 30.5. The summed E-state index contributed by atoms with van der Waals surface area (Å²) in [6.07, 6.45) is 1.72. The second-order valence-corrected chi connectivity index (χ2v) is 12.3. The monoisotopic (exact) mass is 604 g/mol. The molecule has 0 unspecified atom stereocenters. The molecule has 2 aromatic carbocycles. The summed E-state index contributed by atoms with van der Waals surface area (Å²) in [7, 11) is -4.19. The topological polar surface area (TPSA) is 204 Å². The van der Waals surface area contributed by atoms with Crippen LogP contribution in [0, 0.1) is 12.3 Å². The van der Waals surface area contributed by atoms with Crippen LogP contribution in [0.2, 0.25) is 0 Å². The van der Waals surface area contributed by atoms with Gasteiger partial charge in [0.05, 0.1) is 24.6 Å². The van der Waals surface area contributed by atoms with Crippen LogP contribution in [-0.2, 0) is 14.6 Å². The largest absolute Gasteiger partial charge is 0.480 e. The number of amidine groups is 1. The minimum atomic E-state index is -4.19. The molecule has 0 aliphatic rings. The normalized spacial score (nSPS) is 10.9. The molecule has 0 radical (unpaired) electrons. The van der Waals surface area contributed by atoms with Crippen molar-refractivity contribution in [2.24, 2.45) is 5.73 Å². The molecule has 0 saturated carbocycles. The second-order valence-electron chi connectivity index (χ2n) is 8.26. The van der Waals surface area contributed by atoms with Crippen molar-refractivity contribution in [1.82, 2.24) is 16.0 Å². The number of carboxylic acid groups (broad SMARTS) is 1. The van der Waals surface area contributed by atoms with Crippen molar-refractivity contribution in [3.8, 4) is 11.1 Å². The van der Waals surface area contributed by atoms with E-state index in [1.807, 2.05) is 6.07 Å². The van der Waals surface area contributed by atoms with Crippen LogP contribution < -0.4 is 27.0 Å². The predicted octanol–water partition coefficient (Wildman–Crippen LogP) is 3.07. The van der Waals surface area contributed by atoms with Gasteiger partial charge in [0.15, 0.2) is 0 Å². The predicted molar refractivity (Wildman–Crippen MR) is 155 cm³/mol. The molecule has 3 rings (SSSR count). The minimum absolute atomic E-state index is 0.0107. The lowest BCUT2D eigenvalue weighted by Crippen LogP contribution is -2.42. The summed E-state index contributed by atoms with van der Waals surface area (Å²) in [5, 5.41) is 26.1. The molecule has 0 aliphatic heterocycles. The Morgan fingerprint density at radius 3 is 2.25 bits per heavy atom. The van der Waals surface area contributed by atoms with E-state index in [2.05, 4.69) is 21.3 Å². The number of thiophene rings is 1. The number of hydrogen-bond donors (Lipinski definition) is 7. The number of hydrogen-bond acceptors (Lipinski definition) is 8. The van der Waals surface area contributed by atoms with Gasteiger partial charge in [-0.05, 0) is 36.4 Å². The molecular weight excluding hydrogens is 577 g/mol. The zero-order chi connectivity index (χ0) is 29.4. The Morgan fingerprint density at radius 1 is 1.00 bits per heavy atom. The molecule has 0 atom stereocenters. The Balaban J connectivity index is 1.97. The van der Waals surface area contributed by atoms with Crippen molar-refractivity contribution < 1.29 is 27.9 Å². The summed E-state index contributed by atoms with van der Waals surface area (Å²) in [6.45, 7) is 1.21. The van der Waals surface area contributed by atoms with Crippen molar-refractivity contribution in [2.45, 2.75) is 20.9 Å². The maximum absolute atomic E-state index is 14.0. The number of amides is 4. The molecule has 4 amide bonds. The van der Waals surface area contributed by atoms with E-state index in [1.54, 1.807) is 43.5 Å². The number of carboxylic acids is 1. The Morgan fingerprint density at radius 2 is 1.65 bits per heavy atom. The summed E-state index contributed by atoms with van der Waals surface area (Å²) in [5.41, 5.74) is 7.60. The number of benzene rings is 2. The summed E-state index contributed by atoms with van der Waals surface area (Å²) in [5.74, 6) is -1.45. The number of aryl methyl sites for hydroxylation is 1. The van der Waals surface area contributed by atoms with Gasteiger partial charge in [-0.25, -0.2) is 18.0 Å². The Kier molecular flexibility index (Phi) is 10.1. The number of nitrogen functional groups attached to an aromatic ring is 1. The number of carbonyl (C=O) groups excluding carboxylic acids is 2. The highest BCUT2D eigenvalue weighted by Gasteiger charge is 2.30. The van der Waals surface area contributed by atoms with Crippen molar-refractivity contribution >= 4 is 62.5 Å². The lowest BCUT2D eigenvalue weighted by molar-refractivity contribution is -0.135. The first-order chi connectivity index (χ1) is 18.9. The highest BCUT2D eigenvalue weighted by molar-refractivity contribution is 8.01. The maximum atomic E-state index is 14.0. The number of nitrogens with one attached hydrogen (secondary N) is 5. The highest BCUT2D eigenvalue weighted by Crippen LogP contribution is 2.42. The van der Waals surface area contributed by atoms with E-state index in [1.165, 1.54) is 23.9 Å². The Bertz CT molecular complexity index is 1540. The van der Waals surface area contributed by atoms with Gasteiger partial charge in [-0.2, -0.15) is 0 Å². The lowest BCUT2D eigenvalue weighted by Gasteiger charge is -2.19. The van der Waals surface area contributed by atoms with E-state index in [4.69, 9.17) is 16.2 Å². The molecule has 0 spiro atoms. The summed E-state index contributed by atoms with van der Waals surface area (Å²) >= 11 is 2.31. The minimum Gasteiger partial charge on any atom is -0.480 e. The number of rotatable bonds is 11. The molecule has 12 nitrogen and oxygen atoms in total. The van der Waals surface area contributed by atoms with Gasteiger partial charge in [-0.1, -0.05) is 36.4 Å². The van der Waals surface area contributed by atoms with E-state index in [0.29, 0.717) is 20.2 Å². The van der Waals surface area contributed by atoms with E-state index in [0.717, 1.165) is 16.9 Å². The van der Waals surface area contributed by atoms with Crippen molar-refractivity contribution in [2.75, 3.05) is 31.2 Å². The standard InChI is InChI=1S/C25H28N6O6S3/c1-14-8-9-17(40(36,37)18-12-16(22(26)27)39-23(18)38-2)21(20(14)15-6-4-3-5-7-15)31-25(35)29-11-10-28-24(34)30-13-19(32)33/h3-9,12H,10-11,13H2,1-2H3,(H3,26,27)(H,32,33)(H2,28,30,34)(H2,29,31,35). The van der Waals surface area contributed by atoms with Gasteiger partial charge >= 0.3 is 18.0 Å². The Hall–Kier alpha value is -4.08. The van der Waals surface area contributed by atoms with Crippen LogP contribution in [0.25, 0.3) is 11.1 Å². The molecule has 1 heterocycles. The van der Waals surface area contributed by atoms with Crippen molar-refractivity contribution in [3.05, 3.63) is 59.0 Å². The average Bonchev–Trinajstić information content (AvgIpc) is 3.36. The first-order valence-corrected chi connectivity index (χ1v) is 15.2. The van der Waals surface area contributed by atoms with Gasteiger partial charge in [0.1, 0.15) is 12.4 Å². The first-order valence-electron chi connectivity index (χ1n) is 11.7. The molecule has 8 N–H and O–H groups in total.